The van der Waals surface area contributed by atoms with Crippen LogP contribution < -0.4 is 9.80 Å². The highest BCUT2D eigenvalue weighted by Crippen LogP contribution is 2.32. The van der Waals surface area contributed by atoms with Gasteiger partial charge in [0.1, 0.15) is 0 Å². The zero-order chi connectivity index (χ0) is 16.9. The highest BCUT2D eigenvalue weighted by atomic mass is 16.5. The topological polar surface area (TPSA) is 45.2 Å². The van der Waals surface area contributed by atoms with E-state index in [9.17, 15) is 5.11 Å². The number of benzene rings is 1. The van der Waals surface area contributed by atoms with Crippen LogP contribution in [0.15, 0.2) is 24.3 Å². The highest BCUT2D eigenvalue weighted by molar-refractivity contribution is 5.72. The average molecular weight is 334 g/mol. The maximum atomic E-state index is 10.4. The monoisotopic (exact) mass is 334 g/mol. The molecule has 1 saturated heterocycles. The van der Waals surface area contributed by atoms with Crippen LogP contribution in [0.5, 0.6) is 0 Å². The Balaban J connectivity index is 1.57. The molecule has 1 fully saturated rings. The van der Waals surface area contributed by atoms with Gasteiger partial charge in [-0.25, -0.2) is 0 Å². The van der Waals surface area contributed by atoms with Crippen molar-refractivity contribution in [3.63, 3.8) is 0 Å². The largest absolute Gasteiger partial charge is 0.389 e. The minimum absolute atomic E-state index is 0.213. The first-order chi connectivity index (χ1) is 11.6. The first-order valence-corrected chi connectivity index (χ1v) is 9.06. The van der Waals surface area contributed by atoms with Gasteiger partial charge in [0.05, 0.1) is 36.8 Å². The summed E-state index contributed by atoms with van der Waals surface area (Å²) in [5, 5.41) is 10.4. The quantitative estimate of drug-likeness (QED) is 0.863. The zero-order valence-electron chi connectivity index (χ0n) is 14.9. The minimum atomic E-state index is -0.491. The predicted molar refractivity (Wildman–Crippen MR) is 96.9 cm³/mol. The standard InChI is InChI=1S/C19H30N2O3/c1-15-10-20(2)18-7-3-4-8-19(18)21(11-15)12-16(22)13-23-14-17-6-5-9-24-17/h3-4,7-8,15-17,22H,5-6,9-14H2,1-2H3. The van der Waals surface area contributed by atoms with Crippen LogP contribution in [0, 0.1) is 5.92 Å². The van der Waals surface area contributed by atoms with Gasteiger partial charge in [-0.15, -0.1) is 0 Å². The summed E-state index contributed by atoms with van der Waals surface area (Å²) < 4.78 is 11.2. The Hall–Kier alpha value is -1.30. The van der Waals surface area contributed by atoms with Gasteiger partial charge in [0.15, 0.2) is 0 Å². The zero-order valence-corrected chi connectivity index (χ0v) is 14.9. The summed E-state index contributed by atoms with van der Waals surface area (Å²) in [4.78, 5) is 4.60. The third-order valence-corrected chi connectivity index (χ3v) is 4.82. The van der Waals surface area contributed by atoms with Crippen LogP contribution in [0.1, 0.15) is 19.8 Å². The Labute approximate surface area is 145 Å². The molecule has 0 amide bonds. The van der Waals surface area contributed by atoms with Crippen LogP contribution in [0.25, 0.3) is 0 Å². The van der Waals surface area contributed by atoms with Gasteiger partial charge in [-0.05, 0) is 30.9 Å². The Bertz CT molecular complexity index is 519. The Morgan fingerprint density at radius 2 is 2.08 bits per heavy atom. The molecule has 1 aromatic rings. The van der Waals surface area contributed by atoms with Crippen molar-refractivity contribution in [3.8, 4) is 0 Å². The molecule has 0 spiro atoms. The Morgan fingerprint density at radius 3 is 2.83 bits per heavy atom. The van der Waals surface area contributed by atoms with Crippen molar-refractivity contribution in [1.29, 1.82) is 0 Å². The first-order valence-electron chi connectivity index (χ1n) is 9.06. The lowest BCUT2D eigenvalue weighted by molar-refractivity contribution is -0.0150. The number of para-hydroxylation sites is 2. The molecule has 3 atom stereocenters. The molecule has 1 aromatic carbocycles. The van der Waals surface area contributed by atoms with Crippen molar-refractivity contribution in [3.05, 3.63) is 24.3 Å². The predicted octanol–water partition coefficient (Wildman–Crippen LogP) is 2.14. The van der Waals surface area contributed by atoms with Crippen LogP contribution in [0.3, 0.4) is 0 Å². The molecule has 0 bridgehead atoms. The molecule has 3 unspecified atom stereocenters. The van der Waals surface area contributed by atoms with Crippen LogP contribution >= 0.6 is 0 Å². The van der Waals surface area contributed by atoms with Crippen LogP contribution in [-0.2, 0) is 9.47 Å². The summed E-state index contributed by atoms with van der Waals surface area (Å²) in [5.74, 6) is 0.544. The number of fused-ring (bicyclic) bond motifs is 1. The van der Waals surface area contributed by atoms with Gasteiger partial charge in [-0.2, -0.15) is 0 Å². The third-order valence-electron chi connectivity index (χ3n) is 4.82. The highest BCUT2D eigenvalue weighted by Gasteiger charge is 2.24. The second kappa shape index (κ2) is 8.19. The van der Waals surface area contributed by atoms with Crippen LogP contribution in [-0.4, -0.2) is 63.8 Å². The molecular weight excluding hydrogens is 304 g/mol. The lowest BCUT2D eigenvalue weighted by Crippen LogP contribution is -2.38. The number of aliphatic hydroxyl groups is 1. The molecule has 3 rings (SSSR count). The molecule has 0 radical (unpaired) electrons. The molecule has 2 heterocycles. The normalized spacial score (nSPS) is 25.5. The van der Waals surface area contributed by atoms with E-state index in [2.05, 4.69) is 48.0 Å². The van der Waals surface area contributed by atoms with Crippen molar-refractivity contribution in [2.45, 2.75) is 32.0 Å². The maximum Gasteiger partial charge on any atom is 0.0948 e. The number of nitrogens with zero attached hydrogens (tertiary/aromatic N) is 2. The molecule has 0 saturated carbocycles. The van der Waals surface area contributed by atoms with Crippen molar-refractivity contribution in [2.24, 2.45) is 5.92 Å². The second-order valence-corrected chi connectivity index (χ2v) is 7.21. The number of β-amino-alcohol motifs (C(OH)–C–C–N with tert-alkyl or cyclic N) is 1. The molecule has 2 aliphatic heterocycles. The summed E-state index contributed by atoms with van der Waals surface area (Å²) in [6.07, 6.45) is 1.91. The van der Waals surface area contributed by atoms with Gasteiger partial charge in [0, 0.05) is 33.3 Å². The number of anilines is 2. The van der Waals surface area contributed by atoms with Gasteiger partial charge in [0.2, 0.25) is 0 Å². The van der Waals surface area contributed by atoms with Crippen molar-refractivity contribution in [1.82, 2.24) is 0 Å². The summed E-state index contributed by atoms with van der Waals surface area (Å²) in [6.45, 7) is 6.63. The number of ether oxygens (including phenoxy) is 2. The van der Waals surface area contributed by atoms with E-state index in [1.807, 2.05) is 0 Å². The maximum absolute atomic E-state index is 10.4. The van der Waals surface area contributed by atoms with E-state index in [-0.39, 0.29) is 6.10 Å². The van der Waals surface area contributed by atoms with Crippen molar-refractivity contribution in [2.75, 3.05) is 56.3 Å². The molecule has 0 aliphatic carbocycles. The van der Waals surface area contributed by atoms with E-state index in [0.29, 0.717) is 25.7 Å². The molecule has 5 nitrogen and oxygen atoms in total. The van der Waals surface area contributed by atoms with Crippen molar-refractivity contribution >= 4 is 11.4 Å². The fourth-order valence-corrected chi connectivity index (χ4v) is 3.74. The number of hydrogen-bond donors (Lipinski definition) is 1. The van der Waals surface area contributed by atoms with E-state index >= 15 is 0 Å². The van der Waals surface area contributed by atoms with Gasteiger partial charge in [0.25, 0.3) is 0 Å². The molecule has 0 aromatic heterocycles. The molecular formula is C19H30N2O3. The Kier molecular flexibility index (Phi) is 5.98. The smallest absolute Gasteiger partial charge is 0.0948 e. The molecule has 5 heteroatoms. The van der Waals surface area contributed by atoms with E-state index in [1.165, 1.54) is 11.4 Å². The van der Waals surface area contributed by atoms with Crippen LogP contribution in [0.2, 0.25) is 0 Å². The summed E-state index contributed by atoms with van der Waals surface area (Å²) in [7, 11) is 2.14. The van der Waals surface area contributed by atoms with Gasteiger partial charge >= 0.3 is 0 Å². The van der Waals surface area contributed by atoms with E-state index in [0.717, 1.165) is 32.5 Å². The number of hydrogen-bond acceptors (Lipinski definition) is 5. The average Bonchev–Trinajstić information content (AvgIpc) is 3.03. The van der Waals surface area contributed by atoms with Crippen LogP contribution in [0.4, 0.5) is 11.4 Å². The molecule has 2 aliphatic rings. The summed E-state index contributed by atoms with van der Waals surface area (Å²) >= 11 is 0. The van der Waals surface area contributed by atoms with E-state index < -0.39 is 6.10 Å². The third kappa shape index (κ3) is 4.41. The Morgan fingerprint density at radius 1 is 1.29 bits per heavy atom. The fourth-order valence-electron chi connectivity index (χ4n) is 3.74. The lowest BCUT2D eigenvalue weighted by Gasteiger charge is -2.28. The first kappa shape index (κ1) is 17.5. The van der Waals surface area contributed by atoms with Gasteiger partial charge in [-0.3, -0.25) is 0 Å². The van der Waals surface area contributed by atoms with Crippen molar-refractivity contribution < 1.29 is 14.6 Å². The number of rotatable bonds is 6. The SMILES string of the molecule is CC1CN(C)c2ccccc2N(CC(O)COCC2CCCO2)C1. The van der Waals surface area contributed by atoms with E-state index in [1.54, 1.807) is 0 Å². The lowest BCUT2D eigenvalue weighted by atomic mass is 10.1. The second-order valence-electron chi connectivity index (χ2n) is 7.21. The summed E-state index contributed by atoms with van der Waals surface area (Å²) in [5.41, 5.74) is 2.43. The molecule has 1 N–H and O–H groups in total. The molecule has 24 heavy (non-hydrogen) atoms. The van der Waals surface area contributed by atoms with Gasteiger partial charge < -0.3 is 24.4 Å². The fraction of sp³-hybridized carbons (Fsp3) is 0.684. The van der Waals surface area contributed by atoms with Gasteiger partial charge in [-0.1, -0.05) is 19.1 Å². The summed E-state index contributed by atoms with van der Waals surface area (Å²) in [6, 6.07) is 8.44. The minimum Gasteiger partial charge on any atom is -0.389 e. The molecule has 134 valence electrons. The van der Waals surface area contributed by atoms with E-state index in [4.69, 9.17) is 9.47 Å². The number of aliphatic hydroxyl groups excluding tert-OH is 1.